The fourth-order valence-corrected chi connectivity index (χ4v) is 1.78. The maximum absolute atomic E-state index is 8.77. The van der Waals surface area contributed by atoms with Crippen LogP contribution in [0.4, 0.5) is 0 Å². The van der Waals surface area contributed by atoms with Crippen molar-refractivity contribution in [2.45, 2.75) is 0 Å². The molecule has 0 saturated heterocycles. The Morgan fingerprint density at radius 1 is 1.15 bits per heavy atom. The Morgan fingerprint density at radius 3 is 2.40 bits per heavy atom. The number of hydrogen-bond donors (Lipinski definition) is 2. The molecule has 2 rings (SSSR count). The van der Waals surface area contributed by atoms with E-state index in [2.05, 4.69) is 5.16 Å². The largest absolute Gasteiger partial charge is 0.497 e. The summed E-state index contributed by atoms with van der Waals surface area (Å²) in [6.45, 7) is 0. The zero-order valence-electron chi connectivity index (χ0n) is 10.7. The molecule has 0 aliphatic carbocycles. The summed E-state index contributed by atoms with van der Waals surface area (Å²) in [5, 5.41) is 12.2. The third-order valence-corrected chi connectivity index (χ3v) is 2.85. The summed E-state index contributed by atoms with van der Waals surface area (Å²) in [7, 11) is 1.59. The van der Waals surface area contributed by atoms with Gasteiger partial charge in [-0.3, -0.25) is 0 Å². The predicted molar refractivity (Wildman–Crippen MR) is 77.0 cm³/mol. The van der Waals surface area contributed by atoms with Gasteiger partial charge in [0.05, 0.1) is 12.7 Å². The van der Waals surface area contributed by atoms with Crippen molar-refractivity contribution in [2.75, 3.05) is 7.11 Å². The van der Waals surface area contributed by atoms with Crippen LogP contribution in [0.5, 0.6) is 17.2 Å². The summed E-state index contributed by atoms with van der Waals surface area (Å²) in [5.74, 6) is 1.66. The highest BCUT2D eigenvalue weighted by molar-refractivity contribution is 6.30. The first-order valence-corrected chi connectivity index (χ1v) is 6.11. The van der Waals surface area contributed by atoms with Crippen LogP contribution in [0.1, 0.15) is 5.56 Å². The van der Waals surface area contributed by atoms with Crippen molar-refractivity contribution in [3.05, 3.63) is 53.1 Å². The van der Waals surface area contributed by atoms with Crippen molar-refractivity contribution in [3.63, 3.8) is 0 Å². The Bertz CT molecular complexity index is 627. The molecule has 0 fully saturated rings. The monoisotopic (exact) mass is 292 g/mol. The first kappa shape index (κ1) is 14.0. The molecule has 0 radical (unpaired) electrons. The second kappa shape index (κ2) is 6.16. The number of rotatable bonds is 4. The summed E-state index contributed by atoms with van der Waals surface area (Å²) in [6, 6.07) is 11.9. The minimum atomic E-state index is -0.0508. The van der Waals surface area contributed by atoms with Gasteiger partial charge in [-0.1, -0.05) is 16.8 Å². The maximum Gasteiger partial charge on any atom is 0.173 e. The molecule has 0 aliphatic rings. The van der Waals surface area contributed by atoms with Gasteiger partial charge in [-0.15, -0.1) is 0 Å². The van der Waals surface area contributed by atoms with E-state index in [1.807, 2.05) is 0 Å². The van der Waals surface area contributed by atoms with Crippen molar-refractivity contribution in [3.8, 4) is 17.2 Å². The summed E-state index contributed by atoms with van der Waals surface area (Å²) >= 11 is 5.94. The Labute approximate surface area is 121 Å². The molecule has 0 atom stereocenters. The fraction of sp³-hybridized carbons (Fsp3) is 0.0714. The first-order valence-electron chi connectivity index (χ1n) is 5.73. The predicted octanol–water partition coefficient (Wildman–Crippen LogP) is 3.24. The van der Waals surface area contributed by atoms with E-state index in [1.54, 1.807) is 49.6 Å². The van der Waals surface area contributed by atoms with E-state index in [-0.39, 0.29) is 5.84 Å². The van der Waals surface area contributed by atoms with Crippen LogP contribution in [0, 0.1) is 0 Å². The van der Waals surface area contributed by atoms with Crippen LogP contribution in [-0.2, 0) is 0 Å². The second-order valence-electron chi connectivity index (χ2n) is 3.90. The lowest BCUT2D eigenvalue weighted by Crippen LogP contribution is -2.14. The number of oxime groups is 1. The number of halogens is 1. The lowest BCUT2D eigenvalue weighted by Gasteiger charge is -2.11. The van der Waals surface area contributed by atoms with E-state index in [4.69, 9.17) is 32.0 Å². The normalized spacial score (nSPS) is 11.2. The van der Waals surface area contributed by atoms with Crippen LogP contribution in [0.15, 0.2) is 47.6 Å². The zero-order chi connectivity index (χ0) is 14.5. The van der Waals surface area contributed by atoms with Crippen LogP contribution in [-0.4, -0.2) is 18.2 Å². The van der Waals surface area contributed by atoms with E-state index in [0.717, 1.165) is 5.75 Å². The van der Waals surface area contributed by atoms with Gasteiger partial charge < -0.3 is 20.4 Å². The summed E-state index contributed by atoms with van der Waals surface area (Å²) in [4.78, 5) is 0. The van der Waals surface area contributed by atoms with Crippen molar-refractivity contribution >= 4 is 17.4 Å². The Kier molecular flexibility index (Phi) is 4.32. The van der Waals surface area contributed by atoms with Gasteiger partial charge in [0, 0.05) is 11.1 Å². The Morgan fingerprint density at radius 2 is 1.80 bits per heavy atom. The van der Waals surface area contributed by atoms with E-state index in [1.165, 1.54) is 0 Å². The molecule has 0 saturated carbocycles. The molecule has 0 aromatic heterocycles. The lowest BCUT2D eigenvalue weighted by molar-refractivity contribution is 0.318. The fourth-order valence-electron chi connectivity index (χ4n) is 1.62. The van der Waals surface area contributed by atoms with E-state index in [0.29, 0.717) is 22.1 Å². The van der Waals surface area contributed by atoms with E-state index < -0.39 is 0 Å². The van der Waals surface area contributed by atoms with Crippen LogP contribution in [0.2, 0.25) is 5.02 Å². The van der Waals surface area contributed by atoms with E-state index >= 15 is 0 Å². The molecule has 0 unspecified atom stereocenters. The molecule has 3 N–H and O–H groups in total. The molecule has 0 heterocycles. The summed E-state index contributed by atoms with van der Waals surface area (Å²) in [6.07, 6.45) is 0. The molecule has 0 aliphatic heterocycles. The average molecular weight is 293 g/mol. The van der Waals surface area contributed by atoms with Crippen LogP contribution in [0.25, 0.3) is 0 Å². The minimum absolute atomic E-state index is 0.0508. The van der Waals surface area contributed by atoms with Gasteiger partial charge in [0.15, 0.2) is 5.84 Å². The zero-order valence-corrected chi connectivity index (χ0v) is 11.5. The van der Waals surface area contributed by atoms with Crippen LogP contribution < -0.4 is 15.2 Å². The van der Waals surface area contributed by atoms with Gasteiger partial charge in [0.25, 0.3) is 0 Å². The number of amidine groups is 1. The molecular weight excluding hydrogens is 280 g/mol. The first-order chi connectivity index (χ1) is 9.63. The van der Waals surface area contributed by atoms with Crippen molar-refractivity contribution in [1.82, 2.24) is 0 Å². The van der Waals surface area contributed by atoms with Gasteiger partial charge in [-0.05, 0) is 36.4 Å². The second-order valence-corrected chi connectivity index (χ2v) is 4.34. The van der Waals surface area contributed by atoms with Gasteiger partial charge in [0.1, 0.15) is 17.2 Å². The third kappa shape index (κ3) is 3.13. The number of methoxy groups -OCH3 is 1. The molecule has 0 amide bonds. The van der Waals surface area contributed by atoms with Crippen LogP contribution in [0.3, 0.4) is 0 Å². The Balaban J connectivity index is 2.33. The number of nitrogens with zero attached hydrogens (tertiary/aromatic N) is 1. The van der Waals surface area contributed by atoms with Crippen molar-refractivity contribution in [1.29, 1.82) is 0 Å². The quantitative estimate of drug-likeness (QED) is 0.392. The highest BCUT2D eigenvalue weighted by Gasteiger charge is 2.10. The van der Waals surface area contributed by atoms with Crippen molar-refractivity contribution in [2.24, 2.45) is 10.9 Å². The number of ether oxygens (including phenoxy) is 2. The lowest BCUT2D eigenvalue weighted by atomic mass is 10.2. The third-order valence-electron chi connectivity index (χ3n) is 2.61. The highest BCUT2D eigenvalue weighted by Crippen LogP contribution is 2.29. The van der Waals surface area contributed by atoms with Gasteiger partial charge in [-0.2, -0.15) is 0 Å². The molecular formula is C14H13ClN2O3. The maximum atomic E-state index is 8.77. The SMILES string of the molecule is COc1ccc(Oc2cc(Cl)ccc2C(N)=NO)cc1. The number of benzene rings is 2. The molecule has 6 heteroatoms. The number of nitrogens with two attached hydrogens (primary N) is 1. The smallest absolute Gasteiger partial charge is 0.173 e. The molecule has 2 aromatic rings. The molecule has 104 valence electrons. The molecule has 0 spiro atoms. The van der Waals surface area contributed by atoms with E-state index in [9.17, 15) is 0 Å². The standard InChI is InChI=1S/C14H13ClN2O3/c1-19-10-3-5-11(6-4-10)20-13-8-9(15)2-7-12(13)14(16)17-18/h2-8,18H,1H3,(H2,16,17). The topological polar surface area (TPSA) is 77.1 Å². The molecule has 0 bridgehead atoms. The average Bonchev–Trinajstić information content (AvgIpc) is 2.47. The van der Waals surface area contributed by atoms with Gasteiger partial charge >= 0.3 is 0 Å². The minimum Gasteiger partial charge on any atom is -0.497 e. The number of hydrogen-bond acceptors (Lipinski definition) is 4. The summed E-state index contributed by atoms with van der Waals surface area (Å²) in [5.41, 5.74) is 6.05. The molecule has 20 heavy (non-hydrogen) atoms. The summed E-state index contributed by atoms with van der Waals surface area (Å²) < 4.78 is 10.8. The van der Waals surface area contributed by atoms with Crippen molar-refractivity contribution < 1.29 is 14.7 Å². The Hall–Kier alpha value is -2.40. The van der Waals surface area contributed by atoms with Gasteiger partial charge in [-0.25, -0.2) is 0 Å². The molecule has 2 aromatic carbocycles. The van der Waals surface area contributed by atoms with Gasteiger partial charge in [0.2, 0.25) is 0 Å². The highest BCUT2D eigenvalue weighted by atomic mass is 35.5. The van der Waals surface area contributed by atoms with Crippen LogP contribution >= 0.6 is 11.6 Å². The molecule has 5 nitrogen and oxygen atoms in total.